The third kappa shape index (κ3) is 1.63. The van der Waals surface area contributed by atoms with Crippen molar-refractivity contribution >= 4 is 5.97 Å². The highest BCUT2D eigenvalue weighted by Gasteiger charge is 2.32. The van der Waals surface area contributed by atoms with Gasteiger partial charge < -0.3 is 9.52 Å². The van der Waals surface area contributed by atoms with E-state index in [0.29, 0.717) is 19.6 Å². The molecule has 0 saturated carbocycles. The number of aryl methyl sites for hydroxylation is 1. The van der Waals surface area contributed by atoms with Crippen molar-refractivity contribution in [3.8, 4) is 0 Å². The zero-order valence-corrected chi connectivity index (χ0v) is 7.93. The van der Waals surface area contributed by atoms with Crippen molar-refractivity contribution in [2.75, 3.05) is 13.1 Å². The van der Waals surface area contributed by atoms with E-state index in [1.54, 1.807) is 0 Å². The monoisotopic (exact) mass is 196 g/mol. The predicted molar refractivity (Wildman–Crippen MR) is 47.6 cm³/mol. The molecule has 5 nitrogen and oxygen atoms in total. The van der Waals surface area contributed by atoms with Crippen LogP contribution >= 0.6 is 0 Å². The molecule has 0 unspecified atom stereocenters. The maximum absolute atomic E-state index is 10.5. The van der Waals surface area contributed by atoms with Gasteiger partial charge in [-0.3, -0.25) is 9.69 Å². The van der Waals surface area contributed by atoms with Gasteiger partial charge in [0.1, 0.15) is 5.76 Å². The zero-order valence-electron chi connectivity index (χ0n) is 7.93. The molecule has 1 N–H and O–H groups in total. The van der Waals surface area contributed by atoms with Gasteiger partial charge in [-0.25, -0.2) is 4.98 Å². The van der Waals surface area contributed by atoms with Crippen LogP contribution in [-0.2, 0) is 11.3 Å². The predicted octanol–water partition coefficient (Wildman–Crippen LogP) is 0.499. The third-order valence-corrected chi connectivity index (χ3v) is 2.52. The molecule has 0 aromatic carbocycles. The van der Waals surface area contributed by atoms with Crippen LogP contribution in [0.3, 0.4) is 0 Å². The number of likely N-dealkylation sites (tertiary alicyclic amines) is 1. The molecule has 1 aliphatic heterocycles. The van der Waals surface area contributed by atoms with Gasteiger partial charge >= 0.3 is 5.97 Å². The molecule has 1 aromatic rings. The number of carbonyl (C=O) groups is 1. The highest BCUT2D eigenvalue weighted by Crippen LogP contribution is 2.19. The fraction of sp³-hybridized carbons (Fsp3) is 0.556. The van der Waals surface area contributed by atoms with E-state index in [-0.39, 0.29) is 5.92 Å². The second-order valence-corrected chi connectivity index (χ2v) is 3.58. The van der Waals surface area contributed by atoms with Crippen LogP contribution in [0.4, 0.5) is 0 Å². The molecule has 14 heavy (non-hydrogen) atoms. The Morgan fingerprint density at radius 1 is 1.79 bits per heavy atom. The molecular weight excluding hydrogens is 184 g/mol. The average Bonchev–Trinajstić information content (AvgIpc) is 2.42. The van der Waals surface area contributed by atoms with Gasteiger partial charge in [0, 0.05) is 19.6 Å². The molecule has 2 rings (SSSR count). The number of carboxylic acids is 1. The minimum atomic E-state index is -0.710. The second-order valence-electron chi connectivity index (χ2n) is 3.58. The van der Waals surface area contributed by atoms with Gasteiger partial charge in [0.05, 0.1) is 11.6 Å². The van der Waals surface area contributed by atoms with Gasteiger partial charge in [-0.05, 0) is 6.92 Å². The molecular formula is C9H12N2O3. The summed E-state index contributed by atoms with van der Waals surface area (Å²) in [6.45, 7) is 3.77. The smallest absolute Gasteiger partial charge is 0.309 e. The molecule has 0 amide bonds. The van der Waals surface area contributed by atoms with Crippen molar-refractivity contribution in [3.05, 3.63) is 17.8 Å². The van der Waals surface area contributed by atoms with Crippen molar-refractivity contribution in [2.45, 2.75) is 13.5 Å². The summed E-state index contributed by atoms with van der Waals surface area (Å²) >= 11 is 0. The molecule has 1 aliphatic rings. The summed E-state index contributed by atoms with van der Waals surface area (Å²) in [6.07, 6.45) is 1.42. The van der Waals surface area contributed by atoms with Crippen molar-refractivity contribution in [3.63, 3.8) is 0 Å². The van der Waals surface area contributed by atoms with Crippen molar-refractivity contribution in [1.29, 1.82) is 0 Å². The lowest BCUT2D eigenvalue weighted by Gasteiger charge is -2.35. The highest BCUT2D eigenvalue weighted by molar-refractivity contribution is 5.71. The first-order valence-electron chi connectivity index (χ1n) is 4.51. The molecule has 1 fully saturated rings. The van der Waals surface area contributed by atoms with Crippen LogP contribution in [0, 0.1) is 12.8 Å². The van der Waals surface area contributed by atoms with Crippen LogP contribution in [0.1, 0.15) is 11.5 Å². The summed E-state index contributed by atoms with van der Waals surface area (Å²) in [5.74, 6) is -0.107. The van der Waals surface area contributed by atoms with E-state index in [1.165, 1.54) is 6.39 Å². The van der Waals surface area contributed by atoms with Crippen LogP contribution in [0.25, 0.3) is 0 Å². The van der Waals surface area contributed by atoms with Crippen molar-refractivity contribution in [1.82, 2.24) is 9.88 Å². The van der Waals surface area contributed by atoms with Crippen LogP contribution in [0.15, 0.2) is 10.8 Å². The molecule has 0 radical (unpaired) electrons. The summed E-state index contributed by atoms with van der Waals surface area (Å²) in [5, 5.41) is 8.67. The molecule has 1 aromatic heterocycles. The van der Waals surface area contributed by atoms with E-state index in [0.717, 1.165) is 11.5 Å². The second kappa shape index (κ2) is 3.42. The number of nitrogens with zero attached hydrogens (tertiary/aromatic N) is 2. The van der Waals surface area contributed by atoms with E-state index >= 15 is 0 Å². The lowest BCUT2D eigenvalue weighted by atomic mass is 10.0. The van der Waals surface area contributed by atoms with E-state index < -0.39 is 5.97 Å². The lowest BCUT2D eigenvalue weighted by molar-refractivity contribution is -0.147. The summed E-state index contributed by atoms with van der Waals surface area (Å²) < 4.78 is 5.05. The Balaban J connectivity index is 1.85. The number of hydrogen-bond acceptors (Lipinski definition) is 4. The van der Waals surface area contributed by atoms with E-state index in [2.05, 4.69) is 4.98 Å². The standard InChI is InChI=1S/C9H12N2O3/c1-6-8(10-5-14-6)4-11-2-7(3-11)9(12)13/h5,7H,2-4H2,1H3,(H,12,13). The Kier molecular flexibility index (Phi) is 2.25. The normalized spacial score (nSPS) is 18.1. The van der Waals surface area contributed by atoms with E-state index in [9.17, 15) is 4.79 Å². The molecule has 0 aliphatic carbocycles. The third-order valence-electron chi connectivity index (χ3n) is 2.52. The minimum absolute atomic E-state index is 0.206. The largest absolute Gasteiger partial charge is 0.481 e. The Labute approximate surface area is 81.3 Å². The van der Waals surface area contributed by atoms with Gasteiger partial charge in [-0.1, -0.05) is 0 Å². The van der Waals surface area contributed by atoms with Gasteiger partial charge in [-0.15, -0.1) is 0 Å². The summed E-state index contributed by atoms with van der Waals surface area (Å²) in [4.78, 5) is 16.6. The number of rotatable bonds is 3. The van der Waals surface area contributed by atoms with Gasteiger partial charge in [0.25, 0.3) is 0 Å². The Hall–Kier alpha value is -1.36. The van der Waals surface area contributed by atoms with Crippen LogP contribution in [0.5, 0.6) is 0 Å². The first-order chi connectivity index (χ1) is 6.66. The summed E-state index contributed by atoms with van der Waals surface area (Å²) in [6, 6.07) is 0. The first-order valence-corrected chi connectivity index (χ1v) is 4.51. The molecule has 0 bridgehead atoms. The Morgan fingerprint density at radius 2 is 2.50 bits per heavy atom. The lowest BCUT2D eigenvalue weighted by Crippen LogP contribution is -2.49. The SMILES string of the molecule is Cc1ocnc1CN1CC(C(=O)O)C1. The molecule has 76 valence electrons. The summed E-state index contributed by atoms with van der Waals surface area (Å²) in [7, 11) is 0. The summed E-state index contributed by atoms with van der Waals surface area (Å²) in [5.41, 5.74) is 0.897. The van der Waals surface area contributed by atoms with Gasteiger partial charge in [0.15, 0.2) is 6.39 Å². The Bertz CT molecular complexity index is 342. The number of hydrogen-bond donors (Lipinski definition) is 1. The number of aliphatic carboxylic acids is 1. The number of oxazole rings is 1. The molecule has 0 spiro atoms. The molecule has 0 atom stereocenters. The maximum atomic E-state index is 10.5. The average molecular weight is 196 g/mol. The van der Waals surface area contributed by atoms with Gasteiger partial charge in [0.2, 0.25) is 0 Å². The van der Waals surface area contributed by atoms with Gasteiger partial charge in [-0.2, -0.15) is 0 Å². The number of aromatic nitrogens is 1. The number of carboxylic acid groups (broad SMARTS) is 1. The van der Waals surface area contributed by atoms with Crippen LogP contribution in [-0.4, -0.2) is 34.0 Å². The zero-order chi connectivity index (χ0) is 10.1. The van der Waals surface area contributed by atoms with Crippen molar-refractivity contribution < 1.29 is 14.3 Å². The fourth-order valence-corrected chi connectivity index (χ4v) is 1.55. The highest BCUT2D eigenvalue weighted by atomic mass is 16.4. The van der Waals surface area contributed by atoms with Crippen LogP contribution < -0.4 is 0 Å². The minimum Gasteiger partial charge on any atom is -0.481 e. The van der Waals surface area contributed by atoms with E-state index in [4.69, 9.17) is 9.52 Å². The molecule has 2 heterocycles. The topological polar surface area (TPSA) is 66.6 Å². The van der Waals surface area contributed by atoms with Crippen molar-refractivity contribution in [2.24, 2.45) is 5.92 Å². The molecule has 1 saturated heterocycles. The van der Waals surface area contributed by atoms with E-state index in [1.807, 2.05) is 11.8 Å². The van der Waals surface area contributed by atoms with Crippen LogP contribution in [0.2, 0.25) is 0 Å². The Morgan fingerprint density at radius 3 is 3.00 bits per heavy atom. The molecule has 5 heteroatoms. The first kappa shape index (κ1) is 9.21. The fourth-order valence-electron chi connectivity index (χ4n) is 1.55. The maximum Gasteiger partial charge on any atom is 0.309 e. The quantitative estimate of drug-likeness (QED) is 0.762.